The number of guanidine groups is 1. The van der Waals surface area contributed by atoms with Gasteiger partial charge in [-0.3, -0.25) is 4.99 Å². The van der Waals surface area contributed by atoms with E-state index in [1.165, 1.54) is 24.3 Å². The smallest absolute Gasteiger partial charge is 0.193 e. The van der Waals surface area contributed by atoms with Crippen molar-refractivity contribution in [1.82, 2.24) is 10.2 Å². The number of ether oxygens (including phenoxy) is 2. The molecule has 0 radical (unpaired) electrons. The lowest BCUT2D eigenvalue weighted by Gasteiger charge is -2.23. The number of nitrogens with one attached hydrogen (secondary N) is 1. The van der Waals surface area contributed by atoms with Gasteiger partial charge in [-0.05, 0) is 41.8 Å². The van der Waals surface area contributed by atoms with Gasteiger partial charge >= 0.3 is 0 Å². The van der Waals surface area contributed by atoms with Crippen molar-refractivity contribution in [1.29, 1.82) is 0 Å². The molecule has 2 aromatic rings. The van der Waals surface area contributed by atoms with Crippen LogP contribution in [0.3, 0.4) is 0 Å². The van der Waals surface area contributed by atoms with Crippen molar-refractivity contribution in [2.75, 3.05) is 27.4 Å². The highest BCUT2D eigenvalue weighted by Gasteiger charge is 2.17. The third-order valence-electron chi connectivity index (χ3n) is 4.31. The average Bonchev–Trinajstić information content (AvgIpc) is 2.65. The SMILES string of the molecule is CN=C(NCCc1cc(F)cc2c1OCOC2)N(C)Cc1cccc(F)c1. The zero-order valence-electron chi connectivity index (χ0n) is 15.5. The molecule has 1 aliphatic rings. The van der Waals surface area contributed by atoms with E-state index >= 15 is 0 Å². The van der Waals surface area contributed by atoms with Crippen LogP contribution in [0, 0.1) is 11.6 Å². The second-order valence-corrected chi connectivity index (χ2v) is 6.37. The molecule has 144 valence electrons. The number of fused-ring (bicyclic) bond motifs is 1. The number of nitrogens with zero attached hydrogens (tertiary/aromatic N) is 2. The van der Waals surface area contributed by atoms with Gasteiger partial charge in [0.1, 0.15) is 17.4 Å². The summed E-state index contributed by atoms with van der Waals surface area (Å²) in [6.45, 7) is 1.61. The molecule has 0 unspecified atom stereocenters. The minimum atomic E-state index is -0.301. The second kappa shape index (κ2) is 8.81. The molecule has 0 aliphatic carbocycles. The predicted molar refractivity (Wildman–Crippen MR) is 99.6 cm³/mol. The van der Waals surface area contributed by atoms with Crippen LogP contribution in [0.15, 0.2) is 41.4 Å². The van der Waals surface area contributed by atoms with E-state index in [2.05, 4.69) is 10.3 Å². The fourth-order valence-corrected chi connectivity index (χ4v) is 3.12. The van der Waals surface area contributed by atoms with Crippen molar-refractivity contribution in [3.63, 3.8) is 0 Å². The van der Waals surface area contributed by atoms with Crippen LogP contribution in [0.2, 0.25) is 0 Å². The third kappa shape index (κ3) is 4.95. The number of aliphatic imine (C=N–C) groups is 1. The van der Waals surface area contributed by atoms with Gasteiger partial charge in [-0.1, -0.05) is 12.1 Å². The Labute approximate surface area is 157 Å². The van der Waals surface area contributed by atoms with Gasteiger partial charge in [-0.15, -0.1) is 0 Å². The first-order valence-corrected chi connectivity index (χ1v) is 8.75. The molecular formula is C20H23F2N3O2. The van der Waals surface area contributed by atoms with E-state index in [0.717, 1.165) is 16.7 Å². The minimum Gasteiger partial charge on any atom is -0.467 e. The summed E-state index contributed by atoms with van der Waals surface area (Å²) in [7, 11) is 3.57. The van der Waals surface area contributed by atoms with Gasteiger partial charge in [-0.25, -0.2) is 8.78 Å². The van der Waals surface area contributed by atoms with Gasteiger partial charge in [0.05, 0.1) is 6.61 Å². The van der Waals surface area contributed by atoms with Crippen LogP contribution in [-0.2, 0) is 24.3 Å². The molecule has 0 bridgehead atoms. The number of rotatable bonds is 5. The van der Waals surface area contributed by atoms with Crippen molar-refractivity contribution in [2.45, 2.75) is 19.6 Å². The Bertz CT molecular complexity index is 827. The lowest BCUT2D eigenvalue weighted by atomic mass is 10.1. The van der Waals surface area contributed by atoms with Crippen LogP contribution >= 0.6 is 0 Å². The summed E-state index contributed by atoms with van der Waals surface area (Å²) in [5, 5.41) is 3.25. The van der Waals surface area contributed by atoms with Crippen molar-refractivity contribution in [3.05, 3.63) is 64.7 Å². The van der Waals surface area contributed by atoms with Gasteiger partial charge in [0.25, 0.3) is 0 Å². The fourth-order valence-electron chi connectivity index (χ4n) is 3.12. The van der Waals surface area contributed by atoms with Gasteiger partial charge in [0.2, 0.25) is 0 Å². The second-order valence-electron chi connectivity index (χ2n) is 6.37. The fraction of sp³-hybridized carbons (Fsp3) is 0.350. The van der Waals surface area contributed by atoms with Gasteiger partial charge in [-0.2, -0.15) is 0 Å². The molecule has 0 aromatic heterocycles. The van der Waals surface area contributed by atoms with E-state index in [4.69, 9.17) is 9.47 Å². The number of benzene rings is 2. The molecule has 27 heavy (non-hydrogen) atoms. The molecule has 5 nitrogen and oxygen atoms in total. The highest BCUT2D eigenvalue weighted by Crippen LogP contribution is 2.29. The van der Waals surface area contributed by atoms with Crippen LogP contribution in [0.25, 0.3) is 0 Å². The molecule has 0 saturated heterocycles. The van der Waals surface area contributed by atoms with E-state index in [1.54, 1.807) is 13.1 Å². The molecular weight excluding hydrogens is 352 g/mol. The molecule has 1 N–H and O–H groups in total. The highest BCUT2D eigenvalue weighted by molar-refractivity contribution is 5.79. The number of hydrogen-bond donors (Lipinski definition) is 1. The Hall–Kier alpha value is -2.67. The lowest BCUT2D eigenvalue weighted by Crippen LogP contribution is -2.39. The number of hydrogen-bond acceptors (Lipinski definition) is 3. The molecule has 0 saturated carbocycles. The molecule has 0 atom stereocenters. The molecule has 2 aromatic carbocycles. The summed E-state index contributed by atoms with van der Waals surface area (Å²) in [6.07, 6.45) is 0.576. The van der Waals surface area contributed by atoms with E-state index in [9.17, 15) is 8.78 Å². The van der Waals surface area contributed by atoms with Crippen molar-refractivity contribution in [3.8, 4) is 5.75 Å². The molecule has 3 rings (SSSR count). The normalized spacial score (nSPS) is 13.7. The Morgan fingerprint density at radius 3 is 2.85 bits per heavy atom. The third-order valence-corrected chi connectivity index (χ3v) is 4.31. The molecule has 0 spiro atoms. The first-order chi connectivity index (χ1) is 13.1. The van der Waals surface area contributed by atoms with Crippen molar-refractivity contribution >= 4 is 5.96 Å². The lowest BCUT2D eigenvalue weighted by molar-refractivity contribution is -0.0172. The van der Waals surface area contributed by atoms with Crippen LogP contribution in [-0.4, -0.2) is 38.3 Å². The first kappa shape index (κ1) is 19.1. The monoisotopic (exact) mass is 375 g/mol. The quantitative estimate of drug-likeness (QED) is 0.645. The molecule has 1 heterocycles. The Balaban J connectivity index is 1.59. The molecule has 0 amide bonds. The topological polar surface area (TPSA) is 46.1 Å². The van der Waals surface area contributed by atoms with Gasteiger partial charge < -0.3 is 19.7 Å². The summed E-state index contributed by atoms with van der Waals surface area (Å²) in [5.74, 6) is 0.815. The van der Waals surface area contributed by atoms with Crippen LogP contribution in [0.5, 0.6) is 5.75 Å². The molecule has 0 fully saturated rings. The van der Waals surface area contributed by atoms with Gasteiger partial charge in [0, 0.05) is 32.7 Å². The standard InChI is InChI=1S/C20H23F2N3O2/c1-23-20(25(2)11-14-4-3-5-17(21)8-14)24-7-6-15-9-18(22)10-16-12-26-13-27-19(15)16/h3-5,8-10H,6-7,11-13H2,1-2H3,(H,23,24). The maximum absolute atomic E-state index is 13.8. The largest absolute Gasteiger partial charge is 0.467 e. The molecule has 7 heteroatoms. The maximum Gasteiger partial charge on any atom is 0.193 e. The summed E-state index contributed by atoms with van der Waals surface area (Å²) in [6, 6.07) is 9.41. The van der Waals surface area contributed by atoms with E-state index in [0.29, 0.717) is 37.8 Å². The predicted octanol–water partition coefficient (Wildman–Crippen LogP) is 3.08. The van der Waals surface area contributed by atoms with Crippen molar-refractivity contribution < 1.29 is 18.3 Å². The number of halogens is 2. The van der Waals surface area contributed by atoms with Gasteiger partial charge in [0.15, 0.2) is 12.8 Å². The Morgan fingerprint density at radius 2 is 2.07 bits per heavy atom. The summed E-state index contributed by atoms with van der Waals surface area (Å²) < 4.78 is 37.9. The highest BCUT2D eigenvalue weighted by atomic mass is 19.1. The van der Waals surface area contributed by atoms with Crippen molar-refractivity contribution in [2.24, 2.45) is 4.99 Å². The first-order valence-electron chi connectivity index (χ1n) is 8.75. The Morgan fingerprint density at radius 1 is 1.22 bits per heavy atom. The maximum atomic E-state index is 13.8. The Kier molecular flexibility index (Phi) is 6.24. The summed E-state index contributed by atoms with van der Waals surface area (Å²) >= 11 is 0. The summed E-state index contributed by atoms with van der Waals surface area (Å²) in [5.41, 5.74) is 2.38. The summed E-state index contributed by atoms with van der Waals surface area (Å²) in [4.78, 5) is 6.16. The van der Waals surface area contributed by atoms with Crippen LogP contribution < -0.4 is 10.1 Å². The molecule has 1 aliphatic heterocycles. The zero-order valence-corrected chi connectivity index (χ0v) is 15.5. The van der Waals surface area contributed by atoms with E-state index < -0.39 is 0 Å². The average molecular weight is 375 g/mol. The zero-order chi connectivity index (χ0) is 19.2. The van der Waals surface area contributed by atoms with E-state index in [-0.39, 0.29) is 18.4 Å². The van der Waals surface area contributed by atoms with E-state index in [1.807, 2.05) is 18.0 Å². The van der Waals surface area contributed by atoms with Crippen LogP contribution in [0.1, 0.15) is 16.7 Å². The minimum absolute atomic E-state index is 0.178. The van der Waals surface area contributed by atoms with Crippen LogP contribution in [0.4, 0.5) is 8.78 Å².